The number of benzene rings is 1. The van der Waals surface area contributed by atoms with Gasteiger partial charge in [-0.15, -0.1) is 0 Å². The second-order valence-electron chi connectivity index (χ2n) is 6.68. The van der Waals surface area contributed by atoms with Crippen molar-refractivity contribution in [3.8, 4) is 0 Å². The lowest BCUT2D eigenvalue weighted by atomic mass is 10.0. The highest BCUT2D eigenvalue weighted by atomic mass is 35.5. The maximum Gasteiger partial charge on any atom is 0.306 e. The van der Waals surface area contributed by atoms with Crippen molar-refractivity contribution in [3.05, 3.63) is 34.9 Å². The lowest BCUT2D eigenvalue weighted by Gasteiger charge is -2.22. The number of halogens is 1. The molecule has 6 heteroatoms. The van der Waals surface area contributed by atoms with E-state index >= 15 is 0 Å². The van der Waals surface area contributed by atoms with Crippen molar-refractivity contribution in [3.63, 3.8) is 0 Å². The molecular formula is C18H23ClN2O3. The van der Waals surface area contributed by atoms with Crippen molar-refractivity contribution >= 4 is 23.5 Å². The number of fused-ring (bicyclic) bond motifs is 1. The highest BCUT2D eigenvalue weighted by Gasteiger charge is 2.41. The number of carbonyl (C=O) groups excluding carboxylic acids is 2. The topological polar surface area (TPSA) is 49.9 Å². The van der Waals surface area contributed by atoms with Crippen LogP contribution in [0.4, 0.5) is 0 Å². The fraction of sp³-hybridized carbons (Fsp3) is 0.556. The van der Waals surface area contributed by atoms with Gasteiger partial charge in [0.05, 0.1) is 13.5 Å². The van der Waals surface area contributed by atoms with Crippen LogP contribution in [-0.4, -0.2) is 55.0 Å². The van der Waals surface area contributed by atoms with E-state index in [1.165, 1.54) is 7.11 Å². The summed E-state index contributed by atoms with van der Waals surface area (Å²) in [7, 11) is 1.35. The van der Waals surface area contributed by atoms with Crippen molar-refractivity contribution in [1.29, 1.82) is 0 Å². The van der Waals surface area contributed by atoms with Crippen molar-refractivity contribution < 1.29 is 14.3 Å². The van der Waals surface area contributed by atoms with Crippen LogP contribution >= 0.6 is 11.6 Å². The Morgan fingerprint density at radius 2 is 1.79 bits per heavy atom. The largest absolute Gasteiger partial charge is 0.469 e. The van der Waals surface area contributed by atoms with Gasteiger partial charge in [0.15, 0.2) is 0 Å². The van der Waals surface area contributed by atoms with Crippen molar-refractivity contribution in [2.45, 2.75) is 19.4 Å². The third-order valence-corrected chi connectivity index (χ3v) is 5.41. The second-order valence-corrected chi connectivity index (χ2v) is 7.09. The number of likely N-dealkylation sites (tertiary alicyclic amines) is 2. The Bertz CT molecular complexity index is 608. The zero-order chi connectivity index (χ0) is 17.1. The van der Waals surface area contributed by atoms with Crippen LogP contribution in [0.25, 0.3) is 0 Å². The minimum absolute atomic E-state index is 0.0625. The first kappa shape index (κ1) is 17.2. The number of hydrogen-bond donors (Lipinski definition) is 0. The van der Waals surface area contributed by atoms with Gasteiger partial charge in [-0.05, 0) is 23.5 Å². The molecule has 1 aromatic carbocycles. The Balaban J connectivity index is 1.48. The number of methoxy groups -OCH3 is 1. The Labute approximate surface area is 147 Å². The van der Waals surface area contributed by atoms with E-state index in [0.29, 0.717) is 11.8 Å². The van der Waals surface area contributed by atoms with Gasteiger partial charge in [0.1, 0.15) is 0 Å². The van der Waals surface area contributed by atoms with E-state index in [1.54, 1.807) is 0 Å². The number of hydrogen-bond acceptors (Lipinski definition) is 4. The second kappa shape index (κ2) is 7.53. The summed E-state index contributed by atoms with van der Waals surface area (Å²) in [5.74, 6) is 0.783. The number of nitrogens with zero attached hydrogens (tertiary/aromatic N) is 2. The van der Waals surface area contributed by atoms with E-state index in [4.69, 9.17) is 11.6 Å². The van der Waals surface area contributed by atoms with Gasteiger partial charge in [0, 0.05) is 44.2 Å². The molecule has 1 amide bonds. The average molecular weight is 351 g/mol. The Morgan fingerprint density at radius 3 is 2.42 bits per heavy atom. The zero-order valence-corrected chi connectivity index (χ0v) is 14.7. The normalized spacial score (nSPS) is 23.3. The molecule has 2 unspecified atom stereocenters. The molecule has 0 saturated carbocycles. The van der Waals surface area contributed by atoms with E-state index in [2.05, 4.69) is 15.7 Å². The Kier molecular flexibility index (Phi) is 5.41. The highest BCUT2D eigenvalue weighted by Crippen LogP contribution is 2.33. The van der Waals surface area contributed by atoms with Crippen LogP contribution < -0.4 is 0 Å². The number of amides is 1. The lowest BCUT2D eigenvalue weighted by molar-refractivity contribution is -0.143. The van der Waals surface area contributed by atoms with Gasteiger partial charge in [0.2, 0.25) is 5.91 Å². The third kappa shape index (κ3) is 3.90. The summed E-state index contributed by atoms with van der Waals surface area (Å²) in [6, 6.07) is 7.96. The standard InChI is InChI=1S/C18H23ClN2O3/c1-24-18(23)7-6-17(22)21-11-14-9-20(10-15(14)12-21)8-13-4-2-3-5-16(13)19/h2-5,14-15H,6-12H2,1H3. The molecule has 130 valence electrons. The maximum atomic E-state index is 12.2. The molecule has 0 aliphatic carbocycles. The number of carbonyl (C=O) groups is 2. The molecule has 2 aliphatic rings. The summed E-state index contributed by atoms with van der Waals surface area (Å²) in [6.07, 6.45) is 0.412. The van der Waals surface area contributed by atoms with Gasteiger partial charge in [-0.2, -0.15) is 0 Å². The molecule has 2 atom stereocenters. The van der Waals surface area contributed by atoms with Crippen molar-refractivity contribution in [2.75, 3.05) is 33.3 Å². The minimum Gasteiger partial charge on any atom is -0.469 e. The van der Waals surface area contributed by atoms with Crippen LogP contribution in [0, 0.1) is 11.8 Å². The van der Waals surface area contributed by atoms with Crippen LogP contribution in [0.15, 0.2) is 24.3 Å². The molecule has 5 nitrogen and oxygen atoms in total. The lowest BCUT2D eigenvalue weighted by Crippen LogP contribution is -2.33. The van der Waals surface area contributed by atoms with Gasteiger partial charge in [0.25, 0.3) is 0 Å². The predicted octanol–water partition coefficient (Wildman–Crippen LogP) is 2.18. The van der Waals surface area contributed by atoms with Crippen LogP contribution in [-0.2, 0) is 20.9 Å². The molecule has 0 aromatic heterocycles. The molecule has 2 fully saturated rings. The van der Waals surface area contributed by atoms with Crippen LogP contribution in [0.2, 0.25) is 5.02 Å². The van der Waals surface area contributed by atoms with E-state index in [0.717, 1.165) is 43.3 Å². The minimum atomic E-state index is -0.325. The quantitative estimate of drug-likeness (QED) is 0.764. The van der Waals surface area contributed by atoms with E-state index < -0.39 is 0 Å². The van der Waals surface area contributed by atoms with Gasteiger partial charge >= 0.3 is 5.97 Å². The summed E-state index contributed by atoms with van der Waals surface area (Å²) < 4.78 is 4.59. The zero-order valence-electron chi connectivity index (χ0n) is 13.9. The summed E-state index contributed by atoms with van der Waals surface area (Å²) in [5, 5.41) is 0.814. The molecule has 0 bridgehead atoms. The van der Waals surface area contributed by atoms with Gasteiger partial charge in [-0.1, -0.05) is 29.8 Å². The van der Waals surface area contributed by atoms with Gasteiger partial charge in [-0.3, -0.25) is 14.5 Å². The van der Waals surface area contributed by atoms with Crippen LogP contribution in [0.1, 0.15) is 18.4 Å². The molecule has 0 N–H and O–H groups in total. The summed E-state index contributed by atoms with van der Waals surface area (Å²) in [6.45, 7) is 4.45. The summed E-state index contributed by atoms with van der Waals surface area (Å²) in [5.41, 5.74) is 1.16. The molecule has 2 aliphatic heterocycles. The fourth-order valence-corrected chi connectivity index (χ4v) is 3.96. The summed E-state index contributed by atoms with van der Waals surface area (Å²) >= 11 is 6.24. The predicted molar refractivity (Wildman–Crippen MR) is 91.5 cm³/mol. The smallest absolute Gasteiger partial charge is 0.306 e. The van der Waals surface area contributed by atoms with Gasteiger partial charge in [-0.25, -0.2) is 0 Å². The number of esters is 1. The third-order valence-electron chi connectivity index (χ3n) is 5.04. The maximum absolute atomic E-state index is 12.2. The SMILES string of the molecule is COC(=O)CCC(=O)N1CC2CN(Cc3ccccc3Cl)CC2C1. The molecule has 2 saturated heterocycles. The first-order valence-electron chi connectivity index (χ1n) is 8.37. The van der Waals surface area contributed by atoms with Crippen LogP contribution in [0.3, 0.4) is 0 Å². The molecule has 24 heavy (non-hydrogen) atoms. The Hall–Kier alpha value is -1.59. The van der Waals surface area contributed by atoms with E-state index in [1.807, 2.05) is 23.1 Å². The highest BCUT2D eigenvalue weighted by molar-refractivity contribution is 6.31. The van der Waals surface area contributed by atoms with Crippen molar-refractivity contribution in [2.24, 2.45) is 11.8 Å². The number of rotatable bonds is 5. The number of ether oxygens (including phenoxy) is 1. The molecule has 3 rings (SSSR count). The molecule has 0 spiro atoms. The molecule has 1 aromatic rings. The monoisotopic (exact) mass is 350 g/mol. The van der Waals surface area contributed by atoms with E-state index in [-0.39, 0.29) is 24.7 Å². The van der Waals surface area contributed by atoms with Crippen molar-refractivity contribution in [1.82, 2.24) is 9.80 Å². The van der Waals surface area contributed by atoms with E-state index in [9.17, 15) is 9.59 Å². The van der Waals surface area contributed by atoms with Gasteiger partial charge < -0.3 is 9.64 Å². The average Bonchev–Trinajstić information content (AvgIpc) is 3.12. The van der Waals surface area contributed by atoms with Crippen LogP contribution in [0.5, 0.6) is 0 Å². The molecular weight excluding hydrogens is 328 g/mol. The molecule has 0 radical (unpaired) electrons. The fourth-order valence-electron chi connectivity index (χ4n) is 3.76. The summed E-state index contributed by atoms with van der Waals surface area (Å²) in [4.78, 5) is 27.7. The first-order valence-corrected chi connectivity index (χ1v) is 8.75. The first-order chi connectivity index (χ1) is 11.6. The molecule has 2 heterocycles. The Morgan fingerprint density at radius 1 is 1.12 bits per heavy atom.